The molecular formula is C14H12FN3. The van der Waals surface area contributed by atoms with Gasteiger partial charge in [0.25, 0.3) is 0 Å². The zero-order chi connectivity index (χ0) is 12.5. The van der Waals surface area contributed by atoms with E-state index < -0.39 is 0 Å². The summed E-state index contributed by atoms with van der Waals surface area (Å²) in [4.78, 5) is 4.28. The Bertz CT molecular complexity index is 703. The molecule has 3 nitrogen and oxygen atoms in total. The standard InChI is InChI=1S/C14H12FN3/c15-12-6-5-11(16)7-10(12)8-18-9-17-13-3-1-2-4-14(13)18/h1-7,9H,8,16H2. The maximum absolute atomic E-state index is 13.7. The molecule has 0 saturated carbocycles. The summed E-state index contributed by atoms with van der Waals surface area (Å²) in [7, 11) is 0. The largest absolute Gasteiger partial charge is 0.399 e. The highest BCUT2D eigenvalue weighted by atomic mass is 19.1. The van der Waals surface area contributed by atoms with Gasteiger partial charge in [-0.15, -0.1) is 0 Å². The molecule has 0 unspecified atom stereocenters. The van der Waals surface area contributed by atoms with Crippen molar-refractivity contribution >= 4 is 16.7 Å². The Morgan fingerprint density at radius 1 is 1.17 bits per heavy atom. The van der Waals surface area contributed by atoms with Crippen LogP contribution in [0.3, 0.4) is 0 Å². The van der Waals surface area contributed by atoms with Gasteiger partial charge in [0, 0.05) is 11.3 Å². The average Bonchev–Trinajstić information content (AvgIpc) is 2.78. The monoisotopic (exact) mass is 241 g/mol. The first-order valence-electron chi connectivity index (χ1n) is 5.68. The first-order chi connectivity index (χ1) is 8.74. The third-order valence-electron chi connectivity index (χ3n) is 2.94. The smallest absolute Gasteiger partial charge is 0.128 e. The lowest BCUT2D eigenvalue weighted by Gasteiger charge is -2.06. The molecule has 0 spiro atoms. The van der Waals surface area contributed by atoms with Crippen molar-refractivity contribution in [3.05, 3.63) is 60.2 Å². The lowest BCUT2D eigenvalue weighted by molar-refractivity contribution is 0.602. The molecule has 0 aliphatic rings. The van der Waals surface area contributed by atoms with Gasteiger partial charge in [0.05, 0.1) is 23.9 Å². The van der Waals surface area contributed by atoms with Crippen molar-refractivity contribution in [2.24, 2.45) is 0 Å². The Kier molecular flexibility index (Phi) is 2.48. The lowest BCUT2D eigenvalue weighted by atomic mass is 10.2. The van der Waals surface area contributed by atoms with Crippen LogP contribution in [0, 0.1) is 5.82 Å². The molecular weight excluding hydrogens is 229 g/mol. The van der Waals surface area contributed by atoms with E-state index in [1.165, 1.54) is 6.07 Å². The summed E-state index contributed by atoms with van der Waals surface area (Å²) in [5.74, 6) is -0.248. The molecule has 1 heterocycles. The summed E-state index contributed by atoms with van der Waals surface area (Å²) in [6.07, 6.45) is 1.72. The minimum Gasteiger partial charge on any atom is -0.399 e. The number of imidazole rings is 1. The maximum Gasteiger partial charge on any atom is 0.128 e. The van der Waals surface area contributed by atoms with E-state index in [0.29, 0.717) is 17.8 Å². The van der Waals surface area contributed by atoms with Crippen LogP contribution in [0.5, 0.6) is 0 Å². The highest BCUT2D eigenvalue weighted by molar-refractivity contribution is 5.75. The normalized spacial score (nSPS) is 10.9. The summed E-state index contributed by atoms with van der Waals surface area (Å²) < 4.78 is 15.6. The molecule has 0 saturated heterocycles. The third-order valence-corrected chi connectivity index (χ3v) is 2.94. The van der Waals surface area contributed by atoms with Gasteiger partial charge >= 0.3 is 0 Å². The Labute approximate surface area is 104 Å². The molecule has 0 aliphatic heterocycles. The predicted octanol–water partition coefficient (Wildman–Crippen LogP) is 2.81. The fourth-order valence-electron chi connectivity index (χ4n) is 2.04. The minimum absolute atomic E-state index is 0.248. The lowest BCUT2D eigenvalue weighted by Crippen LogP contribution is -2.01. The molecule has 0 fully saturated rings. The Morgan fingerprint density at radius 3 is 2.89 bits per heavy atom. The molecule has 4 heteroatoms. The van der Waals surface area contributed by atoms with Crippen LogP contribution < -0.4 is 5.73 Å². The van der Waals surface area contributed by atoms with Crippen LogP contribution in [-0.4, -0.2) is 9.55 Å². The number of halogens is 1. The van der Waals surface area contributed by atoms with E-state index >= 15 is 0 Å². The maximum atomic E-state index is 13.7. The minimum atomic E-state index is -0.248. The predicted molar refractivity (Wildman–Crippen MR) is 69.6 cm³/mol. The Hall–Kier alpha value is -2.36. The third kappa shape index (κ3) is 1.82. The molecule has 2 N–H and O–H groups in total. The van der Waals surface area contributed by atoms with E-state index in [0.717, 1.165) is 11.0 Å². The van der Waals surface area contributed by atoms with Crippen LogP contribution in [0.1, 0.15) is 5.56 Å². The molecule has 1 aromatic heterocycles. The van der Waals surface area contributed by atoms with Crippen molar-refractivity contribution in [2.45, 2.75) is 6.54 Å². The van der Waals surface area contributed by atoms with E-state index in [4.69, 9.17) is 5.73 Å². The van der Waals surface area contributed by atoms with Crippen molar-refractivity contribution in [2.75, 3.05) is 5.73 Å². The van der Waals surface area contributed by atoms with Crippen molar-refractivity contribution in [3.63, 3.8) is 0 Å². The highest BCUT2D eigenvalue weighted by Crippen LogP contribution is 2.17. The average molecular weight is 241 g/mol. The molecule has 90 valence electrons. The first kappa shape index (κ1) is 10.8. The second-order valence-electron chi connectivity index (χ2n) is 4.21. The van der Waals surface area contributed by atoms with Gasteiger partial charge in [-0.3, -0.25) is 0 Å². The number of rotatable bonds is 2. The van der Waals surface area contributed by atoms with Crippen molar-refractivity contribution in [1.82, 2.24) is 9.55 Å². The fraction of sp³-hybridized carbons (Fsp3) is 0.0714. The van der Waals surface area contributed by atoms with Gasteiger partial charge in [0.2, 0.25) is 0 Å². The highest BCUT2D eigenvalue weighted by Gasteiger charge is 2.06. The molecule has 3 aromatic rings. The van der Waals surface area contributed by atoms with Crippen molar-refractivity contribution < 1.29 is 4.39 Å². The number of fused-ring (bicyclic) bond motifs is 1. The van der Waals surface area contributed by atoms with Gasteiger partial charge in [-0.25, -0.2) is 9.37 Å². The zero-order valence-electron chi connectivity index (χ0n) is 9.68. The van der Waals surface area contributed by atoms with E-state index in [2.05, 4.69) is 4.98 Å². The van der Waals surface area contributed by atoms with Gasteiger partial charge in [-0.1, -0.05) is 12.1 Å². The van der Waals surface area contributed by atoms with Crippen LogP contribution in [0.2, 0.25) is 0 Å². The van der Waals surface area contributed by atoms with E-state index in [9.17, 15) is 4.39 Å². The number of benzene rings is 2. The van der Waals surface area contributed by atoms with Crippen LogP contribution in [0.15, 0.2) is 48.8 Å². The Balaban J connectivity index is 2.04. The number of nitrogens with zero attached hydrogens (tertiary/aromatic N) is 2. The Morgan fingerprint density at radius 2 is 2.00 bits per heavy atom. The van der Waals surface area contributed by atoms with Crippen LogP contribution >= 0.6 is 0 Å². The quantitative estimate of drug-likeness (QED) is 0.701. The van der Waals surface area contributed by atoms with Crippen LogP contribution in [-0.2, 0) is 6.54 Å². The zero-order valence-corrected chi connectivity index (χ0v) is 9.68. The van der Waals surface area contributed by atoms with Gasteiger partial charge in [-0.05, 0) is 30.3 Å². The molecule has 0 amide bonds. The van der Waals surface area contributed by atoms with Crippen LogP contribution in [0.4, 0.5) is 10.1 Å². The number of hydrogen-bond donors (Lipinski definition) is 1. The number of para-hydroxylation sites is 2. The summed E-state index contributed by atoms with van der Waals surface area (Å²) in [5.41, 5.74) is 8.70. The van der Waals surface area contributed by atoms with E-state index in [1.54, 1.807) is 18.5 Å². The summed E-state index contributed by atoms with van der Waals surface area (Å²) >= 11 is 0. The summed E-state index contributed by atoms with van der Waals surface area (Å²) in [6.45, 7) is 0.428. The van der Waals surface area contributed by atoms with Crippen molar-refractivity contribution in [3.8, 4) is 0 Å². The van der Waals surface area contributed by atoms with Crippen LogP contribution in [0.25, 0.3) is 11.0 Å². The fourth-order valence-corrected chi connectivity index (χ4v) is 2.04. The molecule has 0 bridgehead atoms. The van der Waals surface area contributed by atoms with Crippen molar-refractivity contribution in [1.29, 1.82) is 0 Å². The van der Waals surface area contributed by atoms with Gasteiger partial charge in [0.15, 0.2) is 0 Å². The number of anilines is 1. The first-order valence-corrected chi connectivity index (χ1v) is 5.68. The van der Waals surface area contributed by atoms with E-state index in [-0.39, 0.29) is 5.82 Å². The number of nitrogen functional groups attached to an aromatic ring is 1. The second kappa shape index (κ2) is 4.14. The number of hydrogen-bond acceptors (Lipinski definition) is 2. The topological polar surface area (TPSA) is 43.8 Å². The second-order valence-corrected chi connectivity index (χ2v) is 4.21. The van der Waals surface area contributed by atoms with Gasteiger partial charge in [0.1, 0.15) is 5.82 Å². The molecule has 2 aromatic carbocycles. The SMILES string of the molecule is Nc1ccc(F)c(Cn2cnc3ccccc32)c1. The number of nitrogens with two attached hydrogens (primary N) is 1. The molecule has 0 aliphatic carbocycles. The molecule has 18 heavy (non-hydrogen) atoms. The number of aromatic nitrogens is 2. The van der Waals surface area contributed by atoms with E-state index in [1.807, 2.05) is 28.8 Å². The molecule has 3 rings (SSSR count). The van der Waals surface area contributed by atoms with Gasteiger partial charge in [-0.2, -0.15) is 0 Å². The summed E-state index contributed by atoms with van der Waals surface area (Å²) in [5, 5.41) is 0. The molecule has 0 radical (unpaired) electrons. The summed E-state index contributed by atoms with van der Waals surface area (Å²) in [6, 6.07) is 12.4. The molecule has 0 atom stereocenters. The van der Waals surface area contributed by atoms with Gasteiger partial charge < -0.3 is 10.3 Å².